The number of benzene rings is 1. The van der Waals surface area contributed by atoms with Crippen molar-refractivity contribution in [2.75, 3.05) is 30.8 Å². The second-order valence-corrected chi connectivity index (χ2v) is 9.37. The summed E-state index contributed by atoms with van der Waals surface area (Å²) in [6.45, 7) is 4.84. The summed E-state index contributed by atoms with van der Waals surface area (Å²) in [7, 11) is -3.68. The molecule has 1 aromatic carbocycles. The second kappa shape index (κ2) is 9.59. The van der Waals surface area contributed by atoms with Gasteiger partial charge in [-0.2, -0.15) is 9.29 Å². The number of aryl methyl sites for hydroxylation is 1. The van der Waals surface area contributed by atoms with Gasteiger partial charge in [-0.3, -0.25) is 4.79 Å². The van der Waals surface area contributed by atoms with Gasteiger partial charge in [0.15, 0.2) is 5.82 Å². The van der Waals surface area contributed by atoms with E-state index in [-0.39, 0.29) is 16.6 Å². The molecule has 1 N–H and O–H groups in total. The van der Waals surface area contributed by atoms with Crippen LogP contribution < -0.4 is 10.1 Å². The number of nitrogens with zero attached hydrogens (tertiary/aromatic N) is 3. The highest BCUT2D eigenvalue weighted by molar-refractivity contribution is 7.99. The van der Waals surface area contributed by atoms with Crippen molar-refractivity contribution in [1.29, 1.82) is 0 Å². The van der Waals surface area contributed by atoms with Gasteiger partial charge in [-0.25, -0.2) is 8.42 Å². The quantitative estimate of drug-likeness (QED) is 0.632. The molecule has 0 saturated carbocycles. The number of amides is 1. The van der Waals surface area contributed by atoms with E-state index in [0.29, 0.717) is 48.6 Å². The first-order valence-corrected chi connectivity index (χ1v) is 11.9. The molecular formula is C18H24N4O5S2. The molecule has 1 aliphatic rings. The number of thioether (sulfide) groups is 1. The molecule has 1 fully saturated rings. The van der Waals surface area contributed by atoms with Crippen molar-refractivity contribution in [2.24, 2.45) is 0 Å². The number of hydrogen-bond donors (Lipinski definition) is 1. The molecule has 2 heterocycles. The zero-order valence-electron chi connectivity index (χ0n) is 16.4. The summed E-state index contributed by atoms with van der Waals surface area (Å²) in [5.74, 6) is 1.67. The summed E-state index contributed by atoms with van der Waals surface area (Å²) in [6, 6.07) is 4.68. The topological polar surface area (TPSA) is 115 Å². The smallest absolute Gasteiger partial charge is 0.246 e. The third kappa shape index (κ3) is 5.49. The molecule has 1 aliphatic heterocycles. The van der Waals surface area contributed by atoms with Crippen LogP contribution in [0, 0.1) is 6.92 Å². The Morgan fingerprint density at radius 2 is 2.10 bits per heavy atom. The number of aromatic nitrogens is 2. The van der Waals surface area contributed by atoms with E-state index in [0.717, 1.165) is 12.8 Å². The van der Waals surface area contributed by atoms with Crippen LogP contribution in [-0.4, -0.2) is 54.2 Å². The maximum atomic E-state index is 13.0. The summed E-state index contributed by atoms with van der Waals surface area (Å²) in [6.07, 6.45) is 1.69. The van der Waals surface area contributed by atoms with Gasteiger partial charge in [-0.05, 0) is 38.0 Å². The van der Waals surface area contributed by atoms with Crippen molar-refractivity contribution < 1.29 is 22.5 Å². The molecular weight excluding hydrogens is 416 g/mol. The van der Waals surface area contributed by atoms with Gasteiger partial charge in [0.05, 0.1) is 18.1 Å². The molecule has 0 radical (unpaired) electrons. The third-order valence-corrected chi connectivity index (χ3v) is 7.09. The molecule has 1 amide bonds. The molecule has 0 aliphatic carbocycles. The van der Waals surface area contributed by atoms with Crippen LogP contribution in [0.3, 0.4) is 0 Å². The van der Waals surface area contributed by atoms with Gasteiger partial charge in [0.2, 0.25) is 21.8 Å². The zero-order valence-corrected chi connectivity index (χ0v) is 18.0. The maximum absolute atomic E-state index is 13.0. The minimum Gasteiger partial charge on any atom is -0.492 e. The van der Waals surface area contributed by atoms with Crippen molar-refractivity contribution in [3.8, 4) is 5.75 Å². The molecule has 0 unspecified atom stereocenters. The Morgan fingerprint density at radius 3 is 2.76 bits per heavy atom. The highest BCUT2D eigenvalue weighted by Gasteiger charge is 2.30. The van der Waals surface area contributed by atoms with Crippen LogP contribution in [0.25, 0.3) is 0 Å². The lowest BCUT2D eigenvalue weighted by atomic mass is 10.3. The van der Waals surface area contributed by atoms with Crippen LogP contribution in [0.4, 0.5) is 5.69 Å². The molecule has 11 heteroatoms. The molecule has 0 spiro atoms. The highest BCUT2D eigenvalue weighted by atomic mass is 32.2. The van der Waals surface area contributed by atoms with Crippen molar-refractivity contribution in [2.45, 2.75) is 37.3 Å². The minimum atomic E-state index is -3.68. The van der Waals surface area contributed by atoms with Gasteiger partial charge in [-0.15, -0.1) is 11.8 Å². The largest absolute Gasteiger partial charge is 0.492 e. The van der Waals surface area contributed by atoms with Gasteiger partial charge < -0.3 is 14.6 Å². The fourth-order valence-corrected chi connectivity index (χ4v) is 5.30. The van der Waals surface area contributed by atoms with Gasteiger partial charge in [0, 0.05) is 25.7 Å². The van der Waals surface area contributed by atoms with E-state index in [1.807, 2.05) is 0 Å². The lowest BCUT2D eigenvalue weighted by Gasteiger charge is -2.19. The van der Waals surface area contributed by atoms with Crippen LogP contribution in [0.5, 0.6) is 5.75 Å². The number of ether oxygens (including phenoxy) is 1. The highest BCUT2D eigenvalue weighted by Crippen LogP contribution is 2.31. The van der Waals surface area contributed by atoms with Gasteiger partial charge in [0.1, 0.15) is 10.6 Å². The SMILES string of the molecule is CCOc1ccc(NC(=O)CSCc2noc(C)n2)cc1S(=O)(=O)N1CCCC1. The van der Waals surface area contributed by atoms with Crippen molar-refractivity contribution in [3.05, 3.63) is 29.9 Å². The number of sulfonamides is 1. The fraction of sp³-hybridized carbons (Fsp3) is 0.500. The Bertz CT molecular complexity index is 955. The first-order valence-electron chi connectivity index (χ1n) is 9.34. The lowest BCUT2D eigenvalue weighted by Crippen LogP contribution is -2.28. The number of carbonyl (C=O) groups is 1. The van der Waals surface area contributed by atoms with E-state index < -0.39 is 10.0 Å². The predicted octanol–water partition coefficient (Wildman–Crippen LogP) is 2.43. The van der Waals surface area contributed by atoms with Crippen molar-refractivity contribution >= 4 is 33.4 Å². The number of rotatable bonds is 9. The Hall–Kier alpha value is -2.11. The van der Waals surface area contributed by atoms with Crippen molar-refractivity contribution in [3.63, 3.8) is 0 Å². The first-order chi connectivity index (χ1) is 13.9. The standard InChI is InChI=1S/C18H24N4O5S2/c1-3-26-15-7-6-14(10-16(15)29(24,25)22-8-4-5-9-22)20-18(23)12-28-11-17-19-13(2)27-21-17/h6-7,10H,3-5,8-9,11-12H2,1-2H3,(H,20,23). The van der Waals surface area contributed by atoms with Gasteiger partial charge >= 0.3 is 0 Å². The summed E-state index contributed by atoms with van der Waals surface area (Å²) < 4.78 is 37.9. The average Bonchev–Trinajstić information content (AvgIpc) is 3.35. The van der Waals surface area contributed by atoms with E-state index in [4.69, 9.17) is 9.26 Å². The molecule has 1 saturated heterocycles. The summed E-state index contributed by atoms with van der Waals surface area (Å²) in [5.41, 5.74) is 0.409. The summed E-state index contributed by atoms with van der Waals surface area (Å²) in [4.78, 5) is 16.4. The molecule has 29 heavy (non-hydrogen) atoms. The normalized spacial score (nSPS) is 14.8. The third-order valence-electron chi connectivity index (χ3n) is 4.24. The Labute approximate surface area is 174 Å². The van der Waals surface area contributed by atoms with Crippen LogP contribution >= 0.6 is 11.8 Å². The van der Waals surface area contributed by atoms with Crippen LogP contribution in [0.15, 0.2) is 27.6 Å². The van der Waals surface area contributed by atoms with Gasteiger partial charge in [-0.1, -0.05) is 5.16 Å². The number of anilines is 1. The predicted molar refractivity (Wildman–Crippen MR) is 109 cm³/mol. The van der Waals surface area contributed by atoms with Crippen LogP contribution in [0.1, 0.15) is 31.5 Å². The van der Waals surface area contributed by atoms with E-state index in [2.05, 4.69) is 15.5 Å². The lowest BCUT2D eigenvalue weighted by molar-refractivity contribution is -0.113. The van der Waals surface area contributed by atoms with E-state index >= 15 is 0 Å². The summed E-state index contributed by atoms with van der Waals surface area (Å²) in [5, 5.41) is 6.52. The van der Waals surface area contributed by atoms with E-state index in [1.54, 1.807) is 26.0 Å². The number of hydrogen-bond acceptors (Lipinski definition) is 8. The maximum Gasteiger partial charge on any atom is 0.246 e. The molecule has 2 aromatic rings. The average molecular weight is 441 g/mol. The monoisotopic (exact) mass is 440 g/mol. The second-order valence-electron chi connectivity index (χ2n) is 6.48. The van der Waals surface area contributed by atoms with Crippen LogP contribution in [0.2, 0.25) is 0 Å². The molecule has 0 atom stereocenters. The van der Waals surface area contributed by atoms with E-state index in [1.165, 1.54) is 22.1 Å². The minimum absolute atomic E-state index is 0.0778. The zero-order chi connectivity index (χ0) is 20.9. The Kier molecular flexibility index (Phi) is 7.14. The van der Waals surface area contributed by atoms with E-state index in [9.17, 15) is 13.2 Å². The Balaban J connectivity index is 1.68. The first kappa shape index (κ1) is 21.6. The molecule has 9 nitrogen and oxygen atoms in total. The van der Waals surface area contributed by atoms with Crippen LogP contribution in [-0.2, 0) is 20.6 Å². The van der Waals surface area contributed by atoms with Gasteiger partial charge in [0.25, 0.3) is 0 Å². The number of carbonyl (C=O) groups excluding carboxylic acids is 1. The molecule has 3 rings (SSSR count). The number of nitrogens with one attached hydrogen (secondary N) is 1. The summed E-state index contributed by atoms with van der Waals surface area (Å²) >= 11 is 1.34. The molecule has 1 aromatic heterocycles. The molecule has 0 bridgehead atoms. The Morgan fingerprint density at radius 1 is 1.34 bits per heavy atom. The molecule has 158 valence electrons. The fourth-order valence-electron chi connectivity index (χ4n) is 2.96. The van der Waals surface area contributed by atoms with Crippen molar-refractivity contribution in [1.82, 2.24) is 14.4 Å².